The van der Waals surface area contributed by atoms with Crippen molar-refractivity contribution in [2.45, 2.75) is 13.1 Å². The Hall–Kier alpha value is -4.02. The van der Waals surface area contributed by atoms with Gasteiger partial charge in [-0.15, -0.1) is 0 Å². The van der Waals surface area contributed by atoms with E-state index in [2.05, 4.69) is 5.32 Å². The molecule has 8 nitrogen and oxygen atoms in total. The molecule has 0 radical (unpaired) electrons. The number of thiocarbonyl (C=S) groups is 1. The minimum absolute atomic E-state index is 0.152. The van der Waals surface area contributed by atoms with E-state index in [4.69, 9.17) is 31.2 Å². The summed E-state index contributed by atoms with van der Waals surface area (Å²) in [5, 5.41) is 2.82. The van der Waals surface area contributed by atoms with E-state index in [9.17, 15) is 9.59 Å². The summed E-state index contributed by atoms with van der Waals surface area (Å²) in [5.74, 6) is 1.80. The number of methoxy groups -OCH3 is 1. The van der Waals surface area contributed by atoms with Crippen molar-refractivity contribution < 1.29 is 28.5 Å². The van der Waals surface area contributed by atoms with Crippen LogP contribution in [0, 0.1) is 0 Å². The molecule has 10 heteroatoms. The van der Waals surface area contributed by atoms with E-state index in [-0.39, 0.29) is 25.2 Å². The molecule has 2 aliphatic rings. The number of amides is 2. The van der Waals surface area contributed by atoms with Crippen LogP contribution in [-0.2, 0) is 22.7 Å². The number of hydrogen-bond acceptors (Lipinski definition) is 8. The molecule has 3 aromatic carbocycles. The summed E-state index contributed by atoms with van der Waals surface area (Å²) >= 11 is 6.72. The maximum absolute atomic E-state index is 13.1. The molecular weight excluding hydrogens is 524 g/mol. The van der Waals surface area contributed by atoms with Gasteiger partial charge in [-0.05, 0) is 47.0 Å². The van der Waals surface area contributed by atoms with Crippen molar-refractivity contribution in [3.63, 3.8) is 0 Å². The molecule has 5 rings (SSSR count). The van der Waals surface area contributed by atoms with Crippen LogP contribution in [0.2, 0.25) is 0 Å². The SMILES string of the molecule is COc1cc(/C=C2\SC(=S)N(Cc3ccc4c(c3)OCO4)C2=O)ccc1OCC(=O)NCc1ccccc1. The van der Waals surface area contributed by atoms with Crippen LogP contribution in [0.1, 0.15) is 16.7 Å². The first-order chi connectivity index (χ1) is 18.5. The second-order valence-corrected chi connectivity index (χ2v) is 10.1. The van der Waals surface area contributed by atoms with Gasteiger partial charge in [0.05, 0.1) is 18.6 Å². The van der Waals surface area contributed by atoms with E-state index in [1.165, 1.54) is 18.9 Å². The lowest BCUT2D eigenvalue weighted by Gasteiger charge is -2.14. The number of hydrogen-bond donors (Lipinski definition) is 1. The van der Waals surface area contributed by atoms with Crippen LogP contribution in [0.3, 0.4) is 0 Å². The van der Waals surface area contributed by atoms with Crippen LogP contribution in [0.25, 0.3) is 6.08 Å². The van der Waals surface area contributed by atoms with E-state index in [0.717, 1.165) is 16.7 Å². The Bertz CT molecular complexity index is 1410. The molecule has 0 aliphatic carbocycles. The molecule has 1 saturated heterocycles. The Balaban J connectivity index is 1.21. The van der Waals surface area contributed by atoms with Crippen molar-refractivity contribution in [1.29, 1.82) is 0 Å². The molecule has 2 amide bonds. The third kappa shape index (κ3) is 5.92. The van der Waals surface area contributed by atoms with Gasteiger partial charge in [-0.25, -0.2) is 0 Å². The first kappa shape index (κ1) is 25.6. The summed E-state index contributed by atoms with van der Waals surface area (Å²) in [6.07, 6.45) is 1.76. The van der Waals surface area contributed by atoms with Gasteiger partial charge in [0.1, 0.15) is 4.32 Å². The van der Waals surface area contributed by atoms with Crippen LogP contribution in [0.5, 0.6) is 23.0 Å². The van der Waals surface area contributed by atoms with Crippen molar-refractivity contribution in [2.75, 3.05) is 20.5 Å². The average molecular weight is 549 g/mol. The topological polar surface area (TPSA) is 86.3 Å². The van der Waals surface area contributed by atoms with Crippen molar-refractivity contribution in [3.8, 4) is 23.0 Å². The first-order valence-electron chi connectivity index (χ1n) is 11.8. The largest absolute Gasteiger partial charge is 0.493 e. The molecule has 0 aromatic heterocycles. The number of rotatable bonds is 9. The standard InChI is InChI=1S/C28H24N2O6S2/c1-33-23-11-19(7-9-21(23)34-16-26(31)29-14-18-5-3-2-4-6-18)13-25-27(32)30(28(37)38-25)15-20-8-10-22-24(12-20)36-17-35-22/h2-13H,14-17H2,1H3,(H,29,31)/b25-13-. The van der Waals surface area contributed by atoms with Gasteiger partial charge >= 0.3 is 0 Å². The van der Waals surface area contributed by atoms with Gasteiger partial charge in [-0.1, -0.05) is 66.4 Å². The number of nitrogens with zero attached hydrogens (tertiary/aromatic N) is 1. The van der Waals surface area contributed by atoms with Crippen molar-refractivity contribution >= 4 is 46.2 Å². The minimum Gasteiger partial charge on any atom is -0.493 e. The molecule has 0 unspecified atom stereocenters. The molecule has 38 heavy (non-hydrogen) atoms. The van der Waals surface area contributed by atoms with Crippen molar-refractivity contribution in [2.24, 2.45) is 0 Å². The zero-order valence-corrected chi connectivity index (χ0v) is 22.1. The summed E-state index contributed by atoms with van der Waals surface area (Å²) in [7, 11) is 1.52. The molecule has 0 bridgehead atoms. The highest BCUT2D eigenvalue weighted by Crippen LogP contribution is 2.37. The predicted octanol–water partition coefficient (Wildman–Crippen LogP) is 4.52. The fourth-order valence-electron chi connectivity index (χ4n) is 3.89. The molecule has 2 aliphatic heterocycles. The van der Waals surface area contributed by atoms with Crippen molar-refractivity contribution in [3.05, 3.63) is 88.3 Å². The highest BCUT2D eigenvalue weighted by atomic mass is 32.2. The third-order valence-electron chi connectivity index (χ3n) is 5.83. The second-order valence-electron chi connectivity index (χ2n) is 8.42. The third-order valence-corrected chi connectivity index (χ3v) is 7.21. The van der Waals surface area contributed by atoms with E-state index >= 15 is 0 Å². The lowest BCUT2D eigenvalue weighted by atomic mass is 10.1. The quantitative estimate of drug-likeness (QED) is 0.309. The summed E-state index contributed by atoms with van der Waals surface area (Å²) in [6, 6.07) is 20.5. The summed E-state index contributed by atoms with van der Waals surface area (Å²) in [4.78, 5) is 27.4. The fraction of sp³-hybridized carbons (Fsp3) is 0.179. The maximum Gasteiger partial charge on any atom is 0.266 e. The molecule has 1 fully saturated rings. The van der Waals surface area contributed by atoms with Gasteiger partial charge < -0.3 is 24.3 Å². The Morgan fingerprint density at radius 1 is 1.05 bits per heavy atom. The Labute approximate surface area is 229 Å². The van der Waals surface area contributed by atoms with Crippen LogP contribution in [0.15, 0.2) is 71.6 Å². The van der Waals surface area contributed by atoms with E-state index < -0.39 is 0 Å². The Kier molecular flexibility index (Phi) is 7.81. The van der Waals surface area contributed by atoms with Gasteiger partial charge in [0, 0.05) is 6.54 Å². The average Bonchev–Trinajstić information content (AvgIpc) is 3.51. The van der Waals surface area contributed by atoms with Gasteiger partial charge in [0.2, 0.25) is 6.79 Å². The normalized spacial score (nSPS) is 15.2. The number of carbonyl (C=O) groups is 2. The van der Waals surface area contributed by atoms with Gasteiger partial charge in [-0.2, -0.15) is 0 Å². The molecule has 0 saturated carbocycles. The molecule has 2 heterocycles. The van der Waals surface area contributed by atoms with Crippen LogP contribution in [0.4, 0.5) is 0 Å². The Morgan fingerprint density at radius 3 is 2.68 bits per heavy atom. The molecule has 1 N–H and O–H groups in total. The van der Waals surface area contributed by atoms with Crippen LogP contribution < -0.4 is 24.3 Å². The summed E-state index contributed by atoms with van der Waals surface area (Å²) in [5.41, 5.74) is 2.64. The van der Waals surface area contributed by atoms with Gasteiger partial charge in [0.15, 0.2) is 29.6 Å². The summed E-state index contributed by atoms with van der Waals surface area (Å²) in [6.45, 7) is 0.797. The highest BCUT2D eigenvalue weighted by Gasteiger charge is 2.32. The number of ether oxygens (including phenoxy) is 4. The second kappa shape index (κ2) is 11.6. The van der Waals surface area contributed by atoms with Crippen LogP contribution >= 0.6 is 24.0 Å². The van der Waals surface area contributed by atoms with E-state index in [1.54, 1.807) is 29.2 Å². The van der Waals surface area contributed by atoms with Crippen LogP contribution in [-0.4, -0.2) is 41.5 Å². The number of carbonyl (C=O) groups excluding carboxylic acids is 2. The summed E-state index contributed by atoms with van der Waals surface area (Å²) < 4.78 is 22.4. The van der Waals surface area contributed by atoms with Gasteiger partial charge in [0.25, 0.3) is 11.8 Å². The smallest absolute Gasteiger partial charge is 0.266 e. The maximum atomic E-state index is 13.1. The zero-order valence-electron chi connectivity index (χ0n) is 20.5. The predicted molar refractivity (Wildman–Crippen MR) is 148 cm³/mol. The molecule has 0 spiro atoms. The zero-order chi connectivity index (χ0) is 26.5. The molecular formula is C28H24N2O6S2. The van der Waals surface area contributed by atoms with Crippen molar-refractivity contribution in [1.82, 2.24) is 10.2 Å². The molecule has 3 aromatic rings. The number of benzene rings is 3. The fourth-order valence-corrected chi connectivity index (χ4v) is 5.15. The minimum atomic E-state index is -0.244. The van der Waals surface area contributed by atoms with E-state index in [1.807, 2.05) is 48.5 Å². The lowest BCUT2D eigenvalue weighted by Crippen LogP contribution is -2.28. The molecule has 0 atom stereocenters. The lowest BCUT2D eigenvalue weighted by molar-refractivity contribution is -0.123. The number of fused-ring (bicyclic) bond motifs is 1. The number of nitrogens with one attached hydrogen (secondary N) is 1. The van der Waals surface area contributed by atoms with E-state index in [0.29, 0.717) is 45.3 Å². The monoisotopic (exact) mass is 548 g/mol. The highest BCUT2D eigenvalue weighted by molar-refractivity contribution is 8.26. The Morgan fingerprint density at radius 2 is 1.87 bits per heavy atom. The number of thioether (sulfide) groups is 1. The molecule has 194 valence electrons. The first-order valence-corrected chi connectivity index (χ1v) is 13.0. The van der Waals surface area contributed by atoms with Gasteiger partial charge in [-0.3, -0.25) is 14.5 Å².